The van der Waals surface area contributed by atoms with Gasteiger partial charge in [-0.15, -0.1) is 11.3 Å². The third-order valence-corrected chi connectivity index (χ3v) is 5.05. The van der Waals surface area contributed by atoms with E-state index in [4.69, 9.17) is 0 Å². The molecule has 23 heavy (non-hydrogen) atoms. The first kappa shape index (κ1) is 15.9. The third kappa shape index (κ3) is 3.34. The Morgan fingerprint density at radius 3 is 2.91 bits per heavy atom. The van der Waals surface area contributed by atoms with Crippen LogP contribution in [0.25, 0.3) is 10.2 Å². The van der Waals surface area contributed by atoms with E-state index < -0.39 is 0 Å². The van der Waals surface area contributed by atoms with E-state index in [1.165, 1.54) is 4.88 Å². The van der Waals surface area contributed by atoms with Crippen LogP contribution in [0.2, 0.25) is 0 Å². The van der Waals surface area contributed by atoms with Crippen molar-refractivity contribution in [3.8, 4) is 0 Å². The maximum atomic E-state index is 12.8. The number of aromatic nitrogens is 3. The Hall–Kier alpha value is -2.01. The van der Waals surface area contributed by atoms with Crippen molar-refractivity contribution in [1.29, 1.82) is 0 Å². The quantitative estimate of drug-likeness (QED) is 0.713. The standard InChI is InChI=1S/C18H21N3OS/c1-4-6-15-10-16-17(23-15)19-11-21(18(16)22)13(3)9-14-8-5-7-12(2)20-14/h5,7-8,10-11,13H,4,6,9H2,1-3H3. The number of pyridine rings is 1. The number of hydrogen-bond donors (Lipinski definition) is 0. The van der Waals surface area contributed by atoms with E-state index >= 15 is 0 Å². The fraction of sp³-hybridized carbons (Fsp3) is 0.389. The van der Waals surface area contributed by atoms with Gasteiger partial charge in [0.05, 0.1) is 11.7 Å². The molecule has 0 spiro atoms. The van der Waals surface area contributed by atoms with Crippen LogP contribution in [0.4, 0.5) is 0 Å². The lowest BCUT2D eigenvalue weighted by Gasteiger charge is -2.14. The Bertz CT molecular complexity index is 881. The summed E-state index contributed by atoms with van der Waals surface area (Å²) in [6, 6.07) is 8.03. The fourth-order valence-corrected chi connectivity index (χ4v) is 3.87. The second-order valence-electron chi connectivity index (χ2n) is 5.96. The van der Waals surface area contributed by atoms with Crippen LogP contribution >= 0.6 is 11.3 Å². The topological polar surface area (TPSA) is 47.8 Å². The Kier molecular flexibility index (Phi) is 4.57. The van der Waals surface area contributed by atoms with Crippen LogP contribution in [0.5, 0.6) is 0 Å². The molecule has 0 fully saturated rings. The zero-order valence-corrected chi connectivity index (χ0v) is 14.6. The molecular formula is C18H21N3OS. The molecule has 0 N–H and O–H groups in total. The molecule has 0 amide bonds. The van der Waals surface area contributed by atoms with E-state index in [9.17, 15) is 4.79 Å². The van der Waals surface area contributed by atoms with Crippen molar-refractivity contribution in [1.82, 2.24) is 14.5 Å². The van der Waals surface area contributed by atoms with Crippen molar-refractivity contribution >= 4 is 21.6 Å². The summed E-state index contributed by atoms with van der Waals surface area (Å²) in [5.41, 5.74) is 2.05. The zero-order chi connectivity index (χ0) is 16.4. The fourth-order valence-electron chi connectivity index (χ4n) is 2.78. The van der Waals surface area contributed by atoms with E-state index in [-0.39, 0.29) is 11.6 Å². The second kappa shape index (κ2) is 6.62. The SMILES string of the molecule is CCCc1cc2c(=O)n(C(C)Cc3cccc(C)n3)cnc2s1. The highest BCUT2D eigenvalue weighted by atomic mass is 32.1. The van der Waals surface area contributed by atoms with Crippen LogP contribution in [-0.4, -0.2) is 14.5 Å². The average molecular weight is 327 g/mol. The number of rotatable bonds is 5. The summed E-state index contributed by atoms with van der Waals surface area (Å²) in [5, 5.41) is 0.741. The number of hydrogen-bond acceptors (Lipinski definition) is 4. The lowest BCUT2D eigenvalue weighted by Crippen LogP contribution is -2.24. The van der Waals surface area contributed by atoms with Crippen molar-refractivity contribution < 1.29 is 0 Å². The van der Waals surface area contributed by atoms with Crippen molar-refractivity contribution in [2.45, 2.75) is 46.1 Å². The van der Waals surface area contributed by atoms with E-state index in [2.05, 4.69) is 16.9 Å². The summed E-state index contributed by atoms with van der Waals surface area (Å²) < 4.78 is 1.73. The highest BCUT2D eigenvalue weighted by Crippen LogP contribution is 2.23. The van der Waals surface area contributed by atoms with Crippen LogP contribution in [0, 0.1) is 6.92 Å². The molecule has 4 nitrogen and oxygen atoms in total. The number of thiophene rings is 1. The summed E-state index contributed by atoms with van der Waals surface area (Å²) in [6.07, 6.45) is 4.48. The highest BCUT2D eigenvalue weighted by Gasteiger charge is 2.13. The van der Waals surface area contributed by atoms with Crippen LogP contribution in [0.3, 0.4) is 0 Å². The van der Waals surface area contributed by atoms with Crippen LogP contribution < -0.4 is 5.56 Å². The average Bonchev–Trinajstić information content (AvgIpc) is 2.91. The molecule has 3 aromatic heterocycles. The van der Waals surface area contributed by atoms with Gasteiger partial charge in [-0.05, 0) is 38.5 Å². The maximum absolute atomic E-state index is 12.8. The zero-order valence-electron chi connectivity index (χ0n) is 13.7. The predicted molar refractivity (Wildman–Crippen MR) is 95.3 cm³/mol. The van der Waals surface area contributed by atoms with Crippen molar-refractivity contribution in [2.24, 2.45) is 0 Å². The largest absolute Gasteiger partial charge is 0.295 e. The first-order valence-corrected chi connectivity index (χ1v) is 8.82. The number of aryl methyl sites for hydroxylation is 2. The first-order chi connectivity index (χ1) is 11.1. The molecule has 0 aliphatic heterocycles. The van der Waals surface area contributed by atoms with Gasteiger partial charge in [-0.2, -0.15) is 0 Å². The molecule has 1 atom stereocenters. The normalized spacial score (nSPS) is 12.7. The van der Waals surface area contributed by atoms with Gasteiger partial charge in [0.25, 0.3) is 5.56 Å². The predicted octanol–water partition coefficient (Wildman–Crippen LogP) is 3.92. The molecule has 3 aromatic rings. The maximum Gasteiger partial charge on any atom is 0.262 e. The van der Waals surface area contributed by atoms with Gasteiger partial charge in [0.15, 0.2) is 0 Å². The summed E-state index contributed by atoms with van der Waals surface area (Å²) in [5.74, 6) is 0. The lowest BCUT2D eigenvalue weighted by atomic mass is 10.1. The highest BCUT2D eigenvalue weighted by molar-refractivity contribution is 7.18. The minimum absolute atomic E-state index is 0.0308. The Labute approximate surface area is 139 Å². The third-order valence-electron chi connectivity index (χ3n) is 3.95. The lowest BCUT2D eigenvalue weighted by molar-refractivity contribution is 0.517. The minimum Gasteiger partial charge on any atom is -0.295 e. The molecule has 0 saturated carbocycles. The summed E-state index contributed by atoms with van der Waals surface area (Å²) in [6.45, 7) is 6.17. The van der Waals surface area contributed by atoms with E-state index in [1.807, 2.05) is 38.1 Å². The second-order valence-corrected chi connectivity index (χ2v) is 7.08. The molecule has 0 saturated heterocycles. The van der Waals surface area contributed by atoms with Crippen molar-refractivity contribution in [3.05, 3.63) is 57.2 Å². The smallest absolute Gasteiger partial charge is 0.262 e. The minimum atomic E-state index is 0.0308. The van der Waals surface area contributed by atoms with Crippen molar-refractivity contribution in [2.75, 3.05) is 0 Å². The van der Waals surface area contributed by atoms with Crippen molar-refractivity contribution in [3.63, 3.8) is 0 Å². The van der Waals surface area contributed by atoms with Gasteiger partial charge in [-0.3, -0.25) is 14.3 Å². The van der Waals surface area contributed by atoms with Crippen LogP contribution in [0.1, 0.15) is 42.6 Å². The molecule has 120 valence electrons. The Morgan fingerprint density at radius 1 is 1.35 bits per heavy atom. The van der Waals surface area contributed by atoms with E-state index in [0.717, 1.165) is 40.9 Å². The molecule has 0 aliphatic rings. The molecule has 0 aromatic carbocycles. The molecular weight excluding hydrogens is 306 g/mol. The van der Waals surface area contributed by atoms with Gasteiger partial charge in [0.2, 0.25) is 0 Å². The van der Waals surface area contributed by atoms with Gasteiger partial charge >= 0.3 is 0 Å². The molecule has 3 heterocycles. The van der Waals surface area contributed by atoms with Crippen LogP contribution in [-0.2, 0) is 12.8 Å². The molecule has 0 aliphatic carbocycles. The molecule has 0 radical (unpaired) electrons. The van der Waals surface area contributed by atoms with Gasteiger partial charge < -0.3 is 0 Å². The van der Waals surface area contributed by atoms with Gasteiger partial charge in [-0.1, -0.05) is 19.4 Å². The van der Waals surface area contributed by atoms with E-state index in [0.29, 0.717) is 0 Å². The summed E-state index contributed by atoms with van der Waals surface area (Å²) in [7, 11) is 0. The van der Waals surface area contributed by atoms with Gasteiger partial charge in [0.1, 0.15) is 4.83 Å². The molecule has 0 bridgehead atoms. The molecule has 1 unspecified atom stereocenters. The Balaban J connectivity index is 1.92. The van der Waals surface area contributed by atoms with Gasteiger partial charge in [0, 0.05) is 28.7 Å². The first-order valence-electron chi connectivity index (χ1n) is 8.00. The molecule has 3 rings (SSSR count). The summed E-state index contributed by atoms with van der Waals surface area (Å²) >= 11 is 1.63. The summed E-state index contributed by atoms with van der Waals surface area (Å²) in [4.78, 5) is 23.8. The monoisotopic (exact) mass is 327 g/mol. The number of fused-ring (bicyclic) bond motifs is 1. The van der Waals surface area contributed by atoms with Gasteiger partial charge in [-0.25, -0.2) is 4.98 Å². The number of nitrogens with zero attached hydrogens (tertiary/aromatic N) is 3. The van der Waals surface area contributed by atoms with Crippen LogP contribution in [0.15, 0.2) is 35.4 Å². The molecule has 5 heteroatoms. The Morgan fingerprint density at radius 2 is 2.17 bits per heavy atom. The van der Waals surface area contributed by atoms with E-state index in [1.54, 1.807) is 22.2 Å².